The Bertz CT molecular complexity index is 1200. The van der Waals surface area contributed by atoms with Crippen molar-refractivity contribution in [3.05, 3.63) is 72.1 Å². The molecule has 3 heterocycles. The smallest absolute Gasteiger partial charge is 0.258 e. The summed E-state index contributed by atoms with van der Waals surface area (Å²) in [4.78, 5) is 15.2. The van der Waals surface area contributed by atoms with E-state index in [0.29, 0.717) is 36.5 Å². The number of rotatable bonds is 4. The Hall–Kier alpha value is -2.97. The van der Waals surface area contributed by atoms with Crippen LogP contribution in [0.15, 0.2) is 65.8 Å². The molecule has 3 aromatic rings. The Morgan fingerprint density at radius 2 is 1.71 bits per heavy atom. The SMILES string of the molecule is O=C(c1ccc(-n2cccn2)cc1)N1CCc2cc(S(=O)(=O)N3CCCCC3)ccc21. The maximum atomic E-state index is 13.1. The first-order valence-electron chi connectivity index (χ1n) is 10.6. The van der Waals surface area contributed by atoms with Gasteiger partial charge in [0.05, 0.1) is 10.6 Å². The zero-order valence-electron chi connectivity index (χ0n) is 17.1. The first-order chi connectivity index (χ1) is 15.0. The summed E-state index contributed by atoms with van der Waals surface area (Å²) in [5, 5.41) is 4.20. The number of aromatic nitrogens is 2. The molecule has 0 aliphatic carbocycles. The van der Waals surface area contributed by atoms with Gasteiger partial charge >= 0.3 is 0 Å². The van der Waals surface area contributed by atoms with Crippen molar-refractivity contribution in [2.24, 2.45) is 0 Å². The molecule has 160 valence electrons. The third-order valence-electron chi connectivity index (χ3n) is 6.03. The van der Waals surface area contributed by atoms with Crippen LogP contribution in [-0.4, -0.2) is 48.0 Å². The van der Waals surface area contributed by atoms with E-state index >= 15 is 0 Å². The van der Waals surface area contributed by atoms with Gasteiger partial charge in [0.1, 0.15) is 0 Å². The Labute approximate surface area is 182 Å². The lowest BCUT2D eigenvalue weighted by atomic mass is 10.1. The number of hydrogen-bond donors (Lipinski definition) is 0. The topological polar surface area (TPSA) is 75.5 Å². The monoisotopic (exact) mass is 436 g/mol. The maximum Gasteiger partial charge on any atom is 0.258 e. The lowest BCUT2D eigenvalue weighted by Crippen LogP contribution is -2.35. The van der Waals surface area contributed by atoms with E-state index in [-0.39, 0.29) is 5.91 Å². The second-order valence-electron chi connectivity index (χ2n) is 7.96. The van der Waals surface area contributed by atoms with E-state index in [1.165, 1.54) is 0 Å². The maximum absolute atomic E-state index is 13.1. The van der Waals surface area contributed by atoms with Gasteiger partial charge in [-0.25, -0.2) is 13.1 Å². The van der Waals surface area contributed by atoms with Crippen LogP contribution in [-0.2, 0) is 16.4 Å². The molecular weight excluding hydrogens is 412 g/mol. The Morgan fingerprint density at radius 1 is 0.935 bits per heavy atom. The van der Waals surface area contributed by atoms with Crippen LogP contribution in [0.1, 0.15) is 35.2 Å². The van der Waals surface area contributed by atoms with Crippen LogP contribution >= 0.6 is 0 Å². The van der Waals surface area contributed by atoms with Crippen molar-refractivity contribution in [3.63, 3.8) is 0 Å². The molecule has 5 rings (SSSR count). The van der Waals surface area contributed by atoms with E-state index < -0.39 is 10.0 Å². The molecule has 0 N–H and O–H groups in total. The summed E-state index contributed by atoms with van der Waals surface area (Å²) in [7, 11) is -3.48. The van der Waals surface area contributed by atoms with Crippen LogP contribution in [0.25, 0.3) is 5.69 Å². The van der Waals surface area contributed by atoms with Crippen LogP contribution in [0.3, 0.4) is 0 Å². The van der Waals surface area contributed by atoms with Crippen molar-refractivity contribution in [2.75, 3.05) is 24.5 Å². The van der Waals surface area contributed by atoms with Crippen LogP contribution in [0.5, 0.6) is 0 Å². The fraction of sp³-hybridized carbons (Fsp3) is 0.304. The zero-order chi connectivity index (χ0) is 21.4. The van der Waals surface area contributed by atoms with E-state index in [9.17, 15) is 13.2 Å². The van der Waals surface area contributed by atoms with Gasteiger partial charge in [-0.3, -0.25) is 4.79 Å². The van der Waals surface area contributed by atoms with E-state index in [2.05, 4.69) is 5.10 Å². The van der Waals surface area contributed by atoms with Gasteiger partial charge in [0.25, 0.3) is 5.91 Å². The van der Waals surface area contributed by atoms with Gasteiger partial charge in [0.2, 0.25) is 10.0 Å². The molecular formula is C23H24N4O3S. The molecule has 7 nitrogen and oxygen atoms in total. The van der Waals surface area contributed by atoms with Crippen LogP contribution in [0.2, 0.25) is 0 Å². The van der Waals surface area contributed by atoms with Crippen molar-refractivity contribution in [3.8, 4) is 5.69 Å². The van der Waals surface area contributed by atoms with Crippen LogP contribution < -0.4 is 4.90 Å². The molecule has 31 heavy (non-hydrogen) atoms. The number of anilines is 1. The van der Waals surface area contributed by atoms with E-state index in [4.69, 9.17) is 0 Å². The molecule has 8 heteroatoms. The fourth-order valence-corrected chi connectivity index (χ4v) is 5.91. The number of carbonyl (C=O) groups is 1. The zero-order valence-corrected chi connectivity index (χ0v) is 18.0. The molecule has 1 amide bonds. The Morgan fingerprint density at radius 3 is 2.42 bits per heavy atom. The molecule has 2 aromatic carbocycles. The minimum Gasteiger partial charge on any atom is -0.308 e. The molecule has 1 saturated heterocycles. The molecule has 2 aliphatic rings. The second-order valence-corrected chi connectivity index (χ2v) is 9.90. The summed E-state index contributed by atoms with van der Waals surface area (Å²) in [6.45, 7) is 1.71. The molecule has 0 spiro atoms. The predicted octanol–water partition coefficient (Wildman–Crippen LogP) is 3.25. The number of hydrogen-bond acceptors (Lipinski definition) is 4. The summed E-state index contributed by atoms with van der Waals surface area (Å²) in [6.07, 6.45) is 7.10. The lowest BCUT2D eigenvalue weighted by molar-refractivity contribution is 0.0989. The summed E-state index contributed by atoms with van der Waals surface area (Å²) in [5.41, 5.74) is 3.17. The molecule has 0 bridgehead atoms. The molecule has 2 aliphatic heterocycles. The van der Waals surface area contributed by atoms with Crippen LogP contribution in [0.4, 0.5) is 5.69 Å². The number of nitrogens with zero attached hydrogens (tertiary/aromatic N) is 4. The quantitative estimate of drug-likeness (QED) is 0.629. The average Bonchev–Trinajstić information content (AvgIpc) is 3.49. The van der Waals surface area contributed by atoms with Gasteiger partial charge in [-0.05, 0) is 73.4 Å². The van der Waals surface area contributed by atoms with Gasteiger partial charge in [-0.2, -0.15) is 9.40 Å². The van der Waals surface area contributed by atoms with Gasteiger partial charge in [0.15, 0.2) is 0 Å². The van der Waals surface area contributed by atoms with Gasteiger partial charge < -0.3 is 4.90 Å². The third-order valence-corrected chi connectivity index (χ3v) is 7.92. The van der Waals surface area contributed by atoms with Crippen LogP contribution in [0, 0.1) is 0 Å². The van der Waals surface area contributed by atoms with Gasteiger partial charge in [-0.15, -0.1) is 0 Å². The third kappa shape index (κ3) is 3.66. The van der Waals surface area contributed by atoms with E-state index in [0.717, 1.165) is 36.2 Å². The largest absolute Gasteiger partial charge is 0.308 e. The summed E-state index contributed by atoms with van der Waals surface area (Å²) in [5.74, 6) is -0.0857. The summed E-state index contributed by atoms with van der Waals surface area (Å²) < 4.78 is 29.3. The predicted molar refractivity (Wildman–Crippen MR) is 118 cm³/mol. The van der Waals surface area contributed by atoms with Gasteiger partial charge in [-0.1, -0.05) is 6.42 Å². The summed E-state index contributed by atoms with van der Waals surface area (Å²) in [6, 6.07) is 14.3. The first kappa shape index (κ1) is 20.0. The average molecular weight is 437 g/mol. The Balaban J connectivity index is 1.37. The number of piperidine rings is 1. The van der Waals surface area contributed by atoms with E-state index in [1.54, 1.807) is 50.4 Å². The second kappa shape index (κ2) is 7.94. The molecule has 1 aromatic heterocycles. The number of carbonyl (C=O) groups excluding carboxylic acids is 1. The number of benzene rings is 2. The molecule has 0 unspecified atom stereocenters. The molecule has 0 atom stereocenters. The molecule has 0 radical (unpaired) electrons. The molecule has 0 saturated carbocycles. The highest BCUT2D eigenvalue weighted by Gasteiger charge is 2.30. The Kier molecular flexibility index (Phi) is 5.11. The normalized spacial score (nSPS) is 17.0. The highest BCUT2D eigenvalue weighted by atomic mass is 32.2. The van der Waals surface area contributed by atoms with Gasteiger partial charge in [0, 0.05) is 43.3 Å². The number of sulfonamides is 1. The van der Waals surface area contributed by atoms with Crippen molar-refractivity contribution < 1.29 is 13.2 Å². The number of amides is 1. The van der Waals surface area contributed by atoms with Crippen molar-refractivity contribution in [1.82, 2.24) is 14.1 Å². The minimum absolute atomic E-state index is 0.0857. The molecule has 1 fully saturated rings. The van der Waals surface area contributed by atoms with Crippen molar-refractivity contribution >= 4 is 21.6 Å². The van der Waals surface area contributed by atoms with Crippen molar-refractivity contribution in [1.29, 1.82) is 0 Å². The minimum atomic E-state index is -3.48. The highest BCUT2D eigenvalue weighted by molar-refractivity contribution is 7.89. The summed E-state index contributed by atoms with van der Waals surface area (Å²) >= 11 is 0. The number of fused-ring (bicyclic) bond motifs is 1. The lowest BCUT2D eigenvalue weighted by Gasteiger charge is -2.26. The first-order valence-corrected chi connectivity index (χ1v) is 12.0. The van der Waals surface area contributed by atoms with Crippen molar-refractivity contribution in [2.45, 2.75) is 30.6 Å². The highest BCUT2D eigenvalue weighted by Crippen LogP contribution is 2.32. The fourth-order valence-electron chi connectivity index (χ4n) is 4.34. The standard InChI is InChI=1S/C23H24N4O3S/c28-23(18-5-7-20(8-6-18)27-15-4-12-24-27)26-16-11-19-17-21(9-10-22(19)26)31(29,30)25-13-2-1-3-14-25/h4-10,12,15,17H,1-3,11,13-14,16H2. The van der Waals surface area contributed by atoms with E-state index in [1.807, 2.05) is 24.4 Å².